The van der Waals surface area contributed by atoms with E-state index in [2.05, 4.69) is 17.9 Å². The monoisotopic (exact) mass is 257 g/mol. The van der Waals surface area contributed by atoms with Gasteiger partial charge in [0.1, 0.15) is 5.82 Å². The van der Waals surface area contributed by atoms with Crippen LogP contribution in [0.4, 0.5) is 4.39 Å². The minimum atomic E-state index is -0.438. The zero-order valence-electron chi connectivity index (χ0n) is 9.87. The predicted molar refractivity (Wildman–Crippen MR) is 67.1 cm³/mol. The highest BCUT2D eigenvalue weighted by atomic mass is 32.1. The molecule has 1 atom stereocenters. The number of halogens is 1. The molecule has 0 saturated heterocycles. The molecule has 0 bridgehead atoms. The van der Waals surface area contributed by atoms with Crippen molar-refractivity contribution in [3.63, 3.8) is 0 Å². The van der Waals surface area contributed by atoms with E-state index in [0.717, 1.165) is 0 Å². The van der Waals surface area contributed by atoms with Crippen molar-refractivity contribution in [2.24, 2.45) is 0 Å². The summed E-state index contributed by atoms with van der Waals surface area (Å²) in [6, 6.07) is 3.97. The Bertz CT molecular complexity index is 398. The molecule has 1 aromatic rings. The van der Waals surface area contributed by atoms with E-state index in [1.54, 1.807) is 0 Å². The van der Waals surface area contributed by atoms with Crippen molar-refractivity contribution in [1.82, 2.24) is 5.32 Å². The van der Waals surface area contributed by atoms with Gasteiger partial charge in [0.15, 0.2) is 0 Å². The molecule has 1 amide bonds. The Morgan fingerprint density at radius 3 is 2.88 bits per heavy atom. The van der Waals surface area contributed by atoms with Crippen LogP contribution in [0.2, 0.25) is 0 Å². The summed E-state index contributed by atoms with van der Waals surface area (Å²) < 4.78 is 18.1. The molecule has 1 unspecified atom stereocenters. The number of rotatable bonds is 5. The first-order valence-electron chi connectivity index (χ1n) is 5.41. The molecule has 0 radical (unpaired) electrons. The van der Waals surface area contributed by atoms with Gasteiger partial charge in [-0.1, -0.05) is 0 Å². The maximum absolute atomic E-state index is 13.0. The third-order valence-electron chi connectivity index (χ3n) is 2.16. The van der Waals surface area contributed by atoms with Crippen molar-refractivity contribution in [3.05, 3.63) is 29.6 Å². The number of carbonyl (C=O) groups is 1. The molecular formula is C12H16FNO2S. The van der Waals surface area contributed by atoms with Crippen LogP contribution >= 0.6 is 12.6 Å². The van der Waals surface area contributed by atoms with Crippen LogP contribution < -0.4 is 5.32 Å². The van der Waals surface area contributed by atoms with E-state index in [1.807, 2.05) is 13.8 Å². The molecular weight excluding hydrogens is 241 g/mol. The van der Waals surface area contributed by atoms with Gasteiger partial charge in [0.25, 0.3) is 5.91 Å². The van der Waals surface area contributed by atoms with Gasteiger partial charge < -0.3 is 10.1 Å². The largest absolute Gasteiger partial charge is 0.380 e. The number of nitrogens with one attached hydrogen (secondary N) is 1. The molecule has 5 heteroatoms. The summed E-state index contributed by atoms with van der Waals surface area (Å²) in [6.07, 6.45) is 0. The molecule has 0 spiro atoms. The fourth-order valence-electron chi connectivity index (χ4n) is 1.30. The average Bonchev–Trinajstić information content (AvgIpc) is 2.30. The molecule has 0 aromatic heterocycles. The summed E-state index contributed by atoms with van der Waals surface area (Å²) in [5.74, 6) is -0.695. The van der Waals surface area contributed by atoms with E-state index in [4.69, 9.17) is 4.74 Å². The van der Waals surface area contributed by atoms with Crippen LogP contribution in [0.5, 0.6) is 0 Å². The standard InChI is InChI=1S/C12H16FNO2S/c1-3-16-7-8(2)14-12(15)9-4-5-10(13)11(17)6-9/h4-6,8,17H,3,7H2,1-2H3,(H,14,15). The molecule has 1 aromatic carbocycles. The van der Waals surface area contributed by atoms with Crippen LogP contribution in [0.25, 0.3) is 0 Å². The smallest absolute Gasteiger partial charge is 0.251 e. The molecule has 17 heavy (non-hydrogen) atoms. The molecule has 0 aliphatic carbocycles. The van der Waals surface area contributed by atoms with Gasteiger partial charge in [-0.15, -0.1) is 12.6 Å². The third kappa shape index (κ3) is 4.36. The summed E-state index contributed by atoms with van der Waals surface area (Å²) >= 11 is 3.93. The quantitative estimate of drug-likeness (QED) is 0.794. The van der Waals surface area contributed by atoms with Crippen molar-refractivity contribution in [2.45, 2.75) is 24.8 Å². The molecule has 0 aliphatic rings. The van der Waals surface area contributed by atoms with Gasteiger partial charge in [-0.3, -0.25) is 4.79 Å². The van der Waals surface area contributed by atoms with Gasteiger partial charge in [0.2, 0.25) is 0 Å². The third-order valence-corrected chi connectivity index (χ3v) is 2.50. The van der Waals surface area contributed by atoms with Gasteiger partial charge in [-0.05, 0) is 32.0 Å². The van der Waals surface area contributed by atoms with Crippen molar-refractivity contribution in [1.29, 1.82) is 0 Å². The van der Waals surface area contributed by atoms with E-state index in [9.17, 15) is 9.18 Å². The first-order chi connectivity index (χ1) is 8.04. The fraction of sp³-hybridized carbons (Fsp3) is 0.417. The number of carbonyl (C=O) groups excluding carboxylic acids is 1. The number of amides is 1. The Morgan fingerprint density at radius 1 is 1.59 bits per heavy atom. The molecule has 94 valence electrons. The Kier molecular flexibility index (Phi) is 5.44. The van der Waals surface area contributed by atoms with Crippen LogP contribution in [-0.2, 0) is 4.74 Å². The fourth-order valence-corrected chi connectivity index (χ4v) is 1.51. The topological polar surface area (TPSA) is 38.3 Å². The van der Waals surface area contributed by atoms with Crippen molar-refractivity contribution in [3.8, 4) is 0 Å². The second kappa shape index (κ2) is 6.61. The summed E-state index contributed by atoms with van der Waals surface area (Å²) in [7, 11) is 0. The van der Waals surface area contributed by atoms with E-state index >= 15 is 0 Å². The van der Waals surface area contributed by atoms with Crippen molar-refractivity contribution >= 4 is 18.5 Å². The lowest BCUT2D eigenvalue weighted by atomic mass is 10.2. The van der Waals surface area contributed by atoms with Gasteiger partial charge in [-0.2, -0.15) is 0 Å². The minimum Gasteiger partial charge on any atom is -0.380 e. The maximum atomic E-state index is 13.0. The lowest BCUT2D eigenvalue weighted by molar-refractivity contribution is 0.0871. The summed E-state index contributed by atoms with van der Waals surface area (Å²) in [6.45, 7) is 4.80. The Morgan fingerprint density at radius 2 is 2.29 bits per heavy atom. The summed E-state index contributed by atoms with van der Waals surface area (Å²) in [5.41, 5.74) is 0.389. The number of thiol groups is 1. The minimum absolute atomic E-state index is 0.0872. The zero-order chi connectivity index (χ0) is 12.8. The van der Waals surface area contributed by atoms with E-state index in [1.165, 1.54) is 18.2 Å². The zero-order valence-corrected chi connectivity index (χ0v) is 10.8. The van der Waals surface area contributed by atoms with Gasteiger partial charge in [-0.25, -0.2) is 4.39 Å². The first-order valence-corrected chi connectivity index (χ1v) is 5.86. The second-order valence-electron chi connectivity index (χ2n) is 3.70. The predicted octanol–water partition coefficient (Wildman–Crippen LogP) is 2.27. The van der Waals surface area contributed by atoms with E-state index < -0.39 is 5.82 Å². The van der Waals surface area contributed by atoms with E-state index in [0.29, 0.717) is 18.8 Å². The Balaban J connectivity index is 2.60. The molecule has 0 saturated carbocycles. The van der Waals surface area contributed by atoms with E-state index in [-0.39, 0.29) is 16.8 Å². The van der Waals surface area contributed by atoms with Gasteiger partial charge in [0.05, 0.1) is 6.61 Å². The van der Waals surface area contributed by atoms with Gasteiger partial charge >= 0.3 is 0 Å². The van der Waals surface area contributed by atoms with Crippen molar-refractivity contribution in [2.75, 3.05) is 13.2 Å². The highest BCUT2D eigenvalue weighted by molar-refractivity contribution is 7.80. The van der Waals surface area contributed by atoms with Crippen molar-refractivity contribution < 1.29 is 13.9 Å². The number of benzene rings is 1. The lowest BCUT2D eigenvalue weighted by Gasteiger charge is -2.13. The molecule has 1 N–H and O–H groups in total. The number of hydrogen-bond donors (Lipinski definition) is 2. The normalized spacial score (nSPS) is 12.2. The summed E-state index contributed by atoms with van der Waals surface area (Å²) in [4.78, 5) is 11.9. The van der Waals surface area contributed by atoms with Crippen LogP contribution in [0, 0.1) is 5.82 Å². The van der Waals surface area contributed by atoms with Crippen LogP contribution in [0.3, 0.4) is 0 Å². The van der Waals surface area contributed by atoms with Gasteiger partial charge in [0, 0.05) is 23.1 Å². The SMILES string of the molecule is CCOCC(C)NC(=O)c1ccc(F)c(S)c1. The average molecular weight is 257 g/mol. The maximum Gasteiger partial charge on any atom is 0.251 e. The lowest BCUT2D eigenvalue weighted by Crippen LogP contribution is -2.35. The molecule has 0 fully saturated rings. The highest BCUT2D eigenvalue weighted by Gasteiger charge is 2.11. The Hall–Kier alpha value is -1.07. The van der Waals surface area contributed by atoms with Crippen LogP contribution in [0.15, 0.2) is 23.1 Å². The molecule has 1 rings (SSSR count). The molecule has 0 aliphatic heterocycles. The first kappa shape index (κ1) is 14.0. The highest BCUT2D eigenvalue weighted by Crippen LogP contribution is 2.14. The molecule has 3 nitrogen and oxygen atoms in total. The number of ether oxygens (including phenoxy) is 1. The second-order valence-corrected chi connectivity index (χ2v) is 4.18. The molecule has 0 heterocycles. The Labute approximate surface area is 106 Å². The van der Waals surface area contributed by atoms with Crippen LogP contribution in [-0.4, -0.2) is 25.2 Å². The number of hydrogen-bond acceptors (Lipinski definition) is 3. The summed E-state index contributed by atoms with van der Waals surface area (Å²) in [5, 5.41) is 2.76. The van der Waals surface area contributed by atoms with Crippen LogP contribution in [0.1, 0.15) is 24.2 Å².